The first kappa shape index (κ1) is 15.4. The topological polar surface area (TPSA) is 103 Å². The Morgan fingerprint density at radius 1 is 1.29 bits per heavy atom. The van der Waals surface area contributed by atoms with E-state index in [1.165, 1.54) is 30.5 Å². The van der Waals surface area contributed by atoms with Gasteiger partial charge >= 0.3 is 0 Å². The molecular formula is C12H7Cl2N3O3S. The van der Waals surface area contributed by atoms with E-state index in [9.17, 15) is 13.5 Å². The zero-order chi connectivity index (χ0) is 15.6. The van der Waals surface area contributed by atoms with Crippen LogP contribution in [0.4, 0.5) is 5.69 Å². The number of aromatic hydroxyl groups is 1. The van der Waals surface area contributed by atoms with Crippen molar-refractivity contribution < 1.29 is 13.5 Å². The minimum Gasteiger partial charge on any atom is -0.505 e. The molecule has 0 atom stereocenters. The van der Waals surface area contributed by atoms with E-state index in [0.29, 0.717) is 0 Å². The van der Waals surface area contributed by atoms with Crippen LogP contribution in [0.1, 0.15) is 5.69 Å². The maximum Gasteiger partial charge on any atom is 0.264 e. The lowest BCUT2D eigenvalue weighted by molar-refractivity contribution is 0.476. The fourth-order valence-corrected chi connectivity index (χ4v) is 3.16. The lowest BCUT2D eigenvalue weighted by atomic mass is 10.3. The number of rotatable bonds is 3. The van der Waals surface area contributed by atoms with Crippen molar-refractivity contribution in [2.45, 2.75) is 4.90 Å². The van der Waals surface area contributed by atoms with Crippen LogP contribution in [0.2, 0.25) is 10.0 Å². The molecule has 2 aromatic rings. The van der Waals surface area contributed by atoms with E-state index in [-0.39, 0.29) is 32.1 Å². The summed E-state index contributed by atoms with van der Waals surface area (Å²) >= 11 is 11.4. The molecule has 2 N–H and O–H groups in total. The van der Waals surface area contributed by atoms with Crippen LogP contribution < -0.4 is 4.72 Å². The van der Waals surface area contributed by atoms with Gasteiger partial charge in [0.15, 0.2) is 11.4 Å². The summed E-state index contributed by atoms with van der Waals surface area (Å²) < 4.78 is 26.7. The Labute approximate surface area is 130 Å². The van der Waals surface area contributed by atoms with Gasteiger partial charge in [0.05, 0.1) is 15.7 Å². The minimum atomic E-state index is -4.04. The summed E-state index contributed by atoms with van der Waals surface area (Å²) in [6.45, 7) is 0. The van der Waals surface area contributed by atoms with Crippen LogP contribution in [0, 0.1) is 11.3 Å². The van der Waals surface area contributed by atoms with Crippen LogP contribution in [0.25, 0.3) is 0 Å². The lowest BCUT2D eigenvalue weighted by Crippen LogP contribution is -2.15. The SMILES string of the molecule is N#Cc1ncccc1S(=O)(=O)Nc1cc(Cl)c(O)c(Cl)c1. The number of nitrogens with zero attached hydrogens (tertiary/aromatic N) is 2. The predicted molar refractivity (Wildman–Crippen MR) is 77.9 cm³/mol. The van der Waals surface area contributed by atoms with Crippen molar-refractivity contribution in [1.82, 2.24) is 4.98 Å². The normalized spacial score (nSPS) is 10.9. The van der Waals surface area contributed by atoms with Gasteiger partial charge in [-0.25, -0.2) is 13.4 Å². The third-order valence-corrected chi connectivity index (χ3v) is 4.42. The van der Waals surface area contributed by atoms with E-state index >= 15 is 0 Å². The van der Waals surface area contributed by atoms with Gasteiger partial charge in [-0.2, -0.15) is 5.26 Å². The first-order chi connectivity index (χ1) is 9.85. The largest absolute Gasteiger partial charge is 0.505 e. The Kier molecular flexibility index (Phi) is 4.23. The molecule has 0 aliphatic rings. The molecule has 0 amide bonds. The number of nitrogens with one attached hydrogen (secondary N) is 1. The number of hydrogen-bond acceptors (Lipinski definition) is 5. The summed E-state index contributed by atoms with van der Waals surface area (Å²) in [6, 6.07) is 6.73. The molecule has 0 saturated heterocycles. The second-order valence-electron chi connectivity index (χ2n) is 3.86. The number of benzene rings is 1. The zero-order valence-corrected chi connectivity index (χ0v) is 12.5. The number of anilines is 1. The fourth-order valence-electron chi connectivity index (χ4n) is 1.53. The molecule has 1 aromatic heterocycles. The van der Waals surface area contributed by atoms with Crippen molar-refractivity contribution in [2.75, 3.05) is 4.72 Å². The average Bonchev–Trinajstić information content (AvgIpc) is 2.44. The number of phenolic OH excluding ortho intramolecular Hbond substituents is 1. The van der Waals surface area contributed by atoms with Crippen LogP contribution in [0.15, 0.2) is 35.4 Å². The Hall–Kier alpha value is -2.01. The van der Waals surface area contributed by atoms with Crippen molar-refractivity contribution in [3.8, 4) is 11.8 Å². The maximum atomic E-state index is 12.2. The number of halogens is 2. The number of hydrogen-bond donors (Lipinski definition) is 2. The van der Waals surface area contributed by atoms with Crippen LogP contribution >= 0.6 is 23.2 Å². The number of nitriles is 1. The molecule has 6 nitrogen and oxygen atoms in total. The Bertz CT molecular complexity index is 824. The van der Waals surface area contributed by atoms with Crippen molar-refractivity contribution >= 4 is 38.9 Å². The monoisotopic (exact) mass is 343 g/mol. The minimum absolute atomic E-state index is 0.0514. The van der Waals surface area contributed by atoms with Crippen LogP contribution in [-0.2, 0) is 10.0 Å². The summed E-state index contributed by atoms with van der Waals surface area (Å²) in [7, 11) is -4.04. The van der Waals surface area contributed by atoms with E-state index in [1.54, 1.807) is 6.07 Å². The first-order valence-corrected chi connectivity index (χ1v) is 7.65. The average molecular weight is 344 g/mol. The van der Waals surface area contributed by atoms with Gasteiger partial charge in [0.1, 0.15) is 11.0 Å². The molecule has 1 aromatic carbocycles. The molecule has 1 heterocycles. The highest BCUT2D eigenvalue weighted by Crippen LogP contribution is 2.35. The Morgan fingerprint density at radius 2 is 1.90 bits per heavy atom. The summed E-state index contributed by atoms with van der Waals surface area (Å²) in [5.41, 5.74) is -0.184. The Morgan fingerprint density at radius 3 is 2.48 bits per heavy atom. The van der Waals surface area contributed by atoms with Gasteiger partial charge in [0.2, 0.25) is 0 Å². The summed E-state index contributed by atoms with van der Waals surface area (Å²) in [4.78, 5) is 3.41. The number of phenols is 1. The van der Waals surface area contributed by atoms with Crippen LogP contribution in [0.3, 0.4) is 0 Å². The van der Waals surface area contributed by atoms with Gasteiger partial charge in [-0.3, -0.25) is 4.72 Å². The highest BCUT2D eigenvalue weighted by molar-refractivity contribution is 7.92. The van der Waals surface area contributed by atoms with Gasteiger partial charge in [-0.15, -0.1) is 0 Å². The van der Waals surface area contributed by atoms with E-state index < -0.39 is 10.0 Å². The van der Waals surface area contributed by atoms with Gasteiger partial charge in [0.25, 0.3) is 10.0 Å². The predicted octanol–water partition coefficient (Wildman–Crippen LogP) is 2.77. The molecule has 2 rings (SSSR count). The maximum absolute atomic E-state index is 12.2. The molecule has 9 heteroatoms. The van der Waals surface area contributed by atoms with E-state index in [1.807, 2.05) is 0 Å². The second-order valence-corrected chi connectivity index (χ2v) is 6.32. The first-order valence-electron chi connectivity index (χ1n) is 5.41. The molecule has 0 spiro atoms. The van der Waals surface area contributed by atoms with E-state index in [4.69, 9.17) is 28.5 Å². The van der Waals surface area contributed by atoms with Crippen molar-refractivity contribution in [3.05, 3.63) is 46.2 Å². The van der Waals surface area contributed by atoms with Crippen LogP contribution in [-0.4, -0.2) is 18.5 Å². The van der Waals surface area contributed by atoms with Crippen molar-refractivity contribution in [1.29, 1.82) is 5.26 Å². The molecule has 0 saturated carbocycles. The van der Waals surface area contributed by atoms with Gasteiger partial charge in [-0.1, -0.05) is 23.2 Å². The number of pyridine rings is 1. The summed E-state index contributed by atoms with van der Waals surface area (Å²) in [6.07, 6.45) is 1.31. The number of sulfonamides is 1. The summed E-state index contributed by atoms with van der Waals surface area (Å²) in [5, 5.41) is 18.1. The van der Waals surface area contributed by atoms with E-state index in [2.05, 4.69) is 9.71 Å². The highest BCUT2D eigenvalue weighted by Gasteiger charge is 2.20. The molecular weight excluding hydrogens is 337 g/mol. The standard InChI is InChI=1S/C12H7Cl2N3O3S/c13-8-4-7(5-9(14)12(8)18)17-21(19,20)11-2-1-3-16-10(11)6-15/h1-5,17-18H. The quantitative estimate of drug-likeness (QED) is 0.834. The number of aromatic nitrogens is 1. The van der Waals surface area contributed by atoms with Crippen molar-refractivity contribution in [2.24, 2.45) is 0 Å². The van der Waals surface area contributed by atoms with E-state index in [0.717, 1.165) is 0 Å². The zero-order valence-electron chi connectivity index (χ0n) is 10.2. The molecule has 108 valence electrons. The van der Waals surface area contributed by atoms with Gasteiger partial charge < -0.3 is 5.11 Å². The third kappa shape index (κ3) is 3.19. The Balaban J connectivity index is 2.46. The third-order valence-electron chi connectivity index (χ3n) is 2.44. The van der Waals surface area contributed by atoms with Crippen LogP contribution in [0.5, 0.6) is 5.75 Å². The molecule has 0 unspecified atom stereocenters. The van der Waals surface area contributed by atoms with Gasteiger partial charge in [0, 0.05) is 6.20 Å². The van der Waals surface area contributed by atoms with Gasteiger partial charge in [-0.05, 0) is 24.3 Å². The smallest absolute Gasteiger partial charge is 0.264 e. The molecule has 0 aliphatic heterocycles. The molecule has 0 bridgehead atoms. The summed E-state index contributed by atoms with van der Waals surface area (Å²) in [5.74, 6) is -0.347. The second kappa shape index (κ2) is 5.77. The fraction of sp³-hybridized carbons (Fsp3) is 0. The molecule has 0 fully saturated rings. The molecule has 0 aliphatic carbocycles. The highest BCUT2D eigenvalue weighted by atomic mass is 35.5. The lowest BCUT2D eigenvalue weighted by Gasteiger charge is -2.10. The molecule has 21 heavy (non-hydrogen) atoms. The molecule has 0 radical (unpaired) electrons. The van der Waals surface area contributed by atoms with Crippen molar-refractivity contribution in [3.63, 3.8) is 0 Å².